The second kappa shape index (κ2) is 10.4. The molecule has 0 amide bonds. The van der Waals surface area contributed by atoms with Crippen molar-refractivity contribution < 1.29 is 24.1 Å². The largest absolute Gasteiger partial charge is 0.493 e. The normalized spacial score (nSPS) is 16.7. The van der Waals surface area contributed by atoms with Crippen LogP contribution in [-0.2, 0) is 6.42 Å². The summed E-state index contributed by atoms with van der Waals surface area (Å²) < 4.78 is 16.9. The molecule has 4 rings (SSSR count). The van der Waals surface area contributed by atoms with E-state index in [2.05, 4.69) is 34.5 Å². The van der Waals surface area contributed by atoms with E-state index in [0.717, 1.165) is 18.7 Å². The van der Waals surface area contributed by atoms with Gasteiger partial charge in [0.2, 0.25) is 0 Å². The van der Waals surface area contributed by atoms with Gasteiger partial charge in [-0.3, -0.25) is 9.69 Å². The third kappa shape index (κ3) is 5.21. The summed E-state index contributed by atoms with van der Waals surface area (Å²) in [6.45, 7) is 3.00. The number of β-amino-alcohol motifs (C(OH)–C–C–N with tert-alkyl or cyclic N) is 1. The Bertz CT molecular complexity index is 1080. The van der Waals surface area contributed by atoms with Crippen LogP contribution in [0.15, 0.2) is 53.9 Å². The molecular weight excluding hydrogens is 438 g/mol. The number of aliphatic hydroxyl groups excluding tert-OH is 1. The van der Waals surface area contributed by atoms with Crippen molar-refractivity contribution in [3.63, 3.8) is 0 Å². The minimum absolute atomic E-state index is 0.0147. The fourth-order valence-electron chi connectivity index (χ4n) is 4.28. The van der Waals surface area contributed by atoms with Crippen LogP contribution in [0, 0.1) is 0 Å². The van der Waals surface area contributed by atoms with E-state index >= 15 is 0 Å². The molecule has 0 unspecified atom stereocenters. The van der Waals surface area contributed by atoms with E-state index in [9.17, 15) is 9.90 Å². The Morgan fingerprint density at radius 2 is 1.88 bits per heavy atom. The predicted octanol–water partition coefficient (Wildman–Crippen LogP) is 4.36. The Balaban J connectivity index is 1.50. The van der Waals surface area contributed by atoms with Crippen LogP contribution in [0.25, 0.3) is 0 Å². The Hall–Kier alpha value is -2.87. The van der Waals surface area contributed by atoms with Gasteiger partial charge < -0.3 is 19.3 Å². The zero-order chi connectivity index (χ0) is 23.4. The van der Waals surface area contributed by atoms with Crippen LogP contribution in [-0.4, -0.2) is 55.8 Å². The highest BCUT2D eigenvalue weighted by Gasteiger charge is 2.32. The summed E-state index contributed by atoms with van der Waals surface area (Å²) in [4.78, 5) is 15.0. The summed E-state index contributed by atoms with van der Waals surface area (Å²) in [5.74, 6) is 2.09. The zero-order valence-electron chi connectivity index (χ0n) is 19.1. The number of benzene rings is 2. The summed E-state index contributed by atoms with van der Waals surface area (Å²) in [5.41, 5.74) is 3.05. The lowest BCUT2D eigenvalue weighted by atomic mass is 9.90. The predicted molar refractivity (Wildman–Crippen MR) is 129 cm³/mol. The van der Waals surface area contributed by atoms with Gasteiger partial charge in [-0.1, -0.05) is 6.07 Å². The fraction of sp³-hybridized carbons (Fsp3) is 0.346. The maximum absolute atomic E-state index is 11.4. The van der Waals surface area contributed by atoms with E-state index in [1.54, 1.807) is 49.8 Å². The molecule has 0 radical (unpaired) electrons. The van der Waals surface area contributed by atoms with Crippen molar-refractivity contribution in [1.82, 2.24) is 4.90 Å². The molecule has 1 N–H and O–H groups in total. The van der Waals surface area contributed by atoms with Crippen LogP contribution in [0.2, 0.25) is 0 Å². The van der Waals surface area contributed by atoms with Gasteiger partial charge >= 0.3 is 0 Å². The number of Topliss-reactive ketones (excluding diaryl/α,β-unsaturated/α-hetero) is 1. The third-order valence-electron chi connectivity index (χ3n) is 5.93. The number of methoxy groups -OCH3 is 2. The number of carbonyl (C=O) groups excluding carboxylic acids is 1. The average Bonchev–Trinajstić information content (AvgIpc) is 3.36. The highest BCUT2D eigenvalue weighted by Crippen LogP contribution is 2.42. The Morgan fingerprint density at radius 3 is 2.52 bits per heavy atom. The lowest BCUT2D eigenvalue weighted by molar-refractivity contribution is 0.0558. The van der Waals surface area contributed by atoms with Crippen molar-refractivity contribution in [2.45, 2.75) is 25.5 Å². The summed E-state index contributed by atoms with van der Waals surface area (Å²) in [6, 6.07) is 15.3. The second-order valence-corrected chi connectivity index (χ2v) is 9.09. The maximum atomic E-state index is 11.4. The third-order valence-corrected chi connectivity index (χ3v) is 6.86. The minimum atomic E-state index is -0.665. The first-order chi connectivity index (χ1) is 16.0. The lowest BCUT2D eigenvalue weighted by Crippen LogP contribution is -2.42. The number of rotatable bonds is 9. The van der Waals surface area contributed by atoms with Crippen molar-refractivity contribution in [1.29, 1.82) is 0 Å². The Morgan fingerprint density at radius 1 is 1.15 bits per heavy atom. The monoisotopic (exact) mass is 467 g/mol. The molecule has 0 spiro atoms. The van der Waals surface area contributed by atoms with Gasteiger partial charge in [-0.25, -0.2) is 0 Å². The van der Waals surface area contributed by atoms with Crippen LogP contribution in [0.4, 0.5) is 0 Å². The van der Waals surface area contributed by atoms with Crippen molar-refractivity contribution >= 4 is 17.1 Å². The maximum Gasteiger partial charge on any atom is 0.161 e. The molecule has 3 aromatic rings. The number of nitrogens with zero attached hydrogens (tertiary/aromatic N) is 1. The van der Waals surface area contributed by atoms with Crippen LogP contribution in [0.3, 0.4) is 0 Å². The van der Waals surface area contributed by atoms with Gasteiger partial charge in [0.25, 0.3) is 0 Å². The lowest BCUT2D eigenvalue weighted by Gasteiger charge is -2.38. The standard InChI is InChI=1S/C26H29NO5S/c1-17(28)18-6-8-21(9-7-18)32-16-20(29)15-27-11-10-19-13-23(30-2)24(31-3)14-22(19)26(27)25-5-4-12-33-25/h4-9,12-14,20,26,29H,10-11,15-16H2,1-3H3/t20-,26-/m1/s1. The van der Waals surface area contributed by atoms with E-state index in [0.29, 0.717) is 23.6 Å². The van der Waals surface area contributed by atoms with E-state index in [4.69, 9.17) is 14.2 Å². The van der Waals surface area contributed by atoms with Gasteiger partial charge in [0.1, 0.15) is 18.5 Å². The molecule has 2 heterocycles. The topological polar surface area (TPSA) is 68.2 Å². The van der Waals surface area contributed by atoms with Crippen LogP contribution in [0.5, 0.6) is 17.2 Å². The zero-order valence-corrected chi connectivity index (χ0v) is 19.9. The number of aliphatic hydroxyl groups is 1. The molecule has 6 nitrogen and oxygen atoms in total. The second-order valence-electron chi connectivity index (χ2n) is 8.11. The molecule has 0 aliphatic carbocycles. The van der Waals surface area contributed by atoms with Gasteiger partial charge in [0.15, 0.2) is 17.3 Å². The molecule has 1 aromatic heterocycles. The number of hydrogen-bond donors (Lipinski definition) is 1. The molecule has 174 valence electrons. The number of fused-ring (bicyclic) bond motifs is 1. The summed E-state index contributed by atoms with van der Waals surface area (Å²) in [7, 11) is 3.30. The molecule has 0 bridgehead atoms. The van der Waals surface area contributed by atoms with Crippen molar-refractivity contribution in [3.8, 4) is 17.2 Å². The molecular formula is C26H29NO5S. The number of hydrogen-bond acceptors (Lipinski definition) is 7. The Labute approximate surface area is 198 Å². The molecule has 33 heavy (non-hydrogen) atoms. The number of thiophene rings is 1. The van der Waals surface area contributed by atoms with E-state index < -0.39 is 6.10 Å². The van der Waals surface area contributed by atoms with Gasteiger partial charge in [-0.05, 0) is 72.3 Å². The molecule has 0 saturated carbocycles. The van der Waals surface area contributed by atoms with Gasteiger partial charge in [0, 0.05) is 23.5 Å². The average molecular weight is 468 g/mol. The molecule has 2 aromatic carbocycles. The van der Waals surface area contributed by atoms with E-state index in [1.165, 1.54) is 22.9 Å². The molecule has 1 aliphatic rings. The Kier molecular flexibility index (Phi) is 7.33. The summed E-state index contributed by atoms with van der Waals surface area (Å²) >= 11 is 1.71. The highest BCUT2D eigenvalue weighted by molar-refractivity contribution is 7.10. The SMILES string of the molecule is COc1cc2c(cc1OC)[C@H](c1cccs1)N(C[C@@H](O)COc1ccc(C(C)=O)cc1)CC2. The molecule has 1 aliphatic heterocycles. The van der Waals surface area contributed by atoms with E-state index in [-0.39, 0.29) is 18.4 Å². The van der Waals surface area contributed by atoms with Crippen LogP contribution >= 0.6 is 11.3 Å². The van der Waals surface area contributed by atoms with Gasteiger partial charge in [-0.15, -0.1) is 11.3 Å². The summed E-state index contributed by atoms with van der Waals surface area (Å²) in [5, 5.41) is 12.9. The molecule has 2 atom stereocenters. The van der Waals surface area contributed by atoms with E-state index in [1.807, 2.05) is 0 Å². The van der Waals surface area contributed by atoms with Crippen molar-refractivity contribution in [3.05, 3.63) is 75.5 Å². The van der Waals surface area contributed by atoms with Gasteiger partial charge in [-0.2, -0.15) is 0 Å². The first-order valence-corrected chi connectivity index (χ1v) is 11.8. The molecule has 7 heteroatoms. The smallest absolute Gasteiger partial charge is 0.161 e. The summed E-state index contributed by atoms with van der Waals surface area (Å²) in [6.07, 6.45) is 0.194. The highest BCUT2D eigenvalue weighted by atomic mass is 32.1. The quantitative estimate of drug-likeness (QED) is 0.472. The van der Waals surface area contributed by atoms with Crippen molar-refractivity contribution in [2.75, 3.05) is 33.9 Å². The number of carbonyl (C=O) groups is 1. The van der Waals surface area contributed by atoms with Crippen molar-refractivity contribution in [2.24, 2.45) is 0 Å². The minimum Gasteiger partial charge on any atom is -0.493 e. The fourth-order valence-corrected chi connectivity index (χ4v) is 5.15. The number of ether oxygens (including phenoxy) is 3. The first-order valence-electron chi connectivity index (χ1n) is 10.9. The first kappa shape index (κ1) is 23.3. The molecule has 0 saturated heterocycles. The van der Waals surface area contributed by atoms with Gasteiger partial charge in [0.05, 0.1) is 20.3 Å². The van der Waals surface area contributed by atoms with Crippen LogP contribution < -0.4 is 14.2 Å². The van der Waals surface area contributed by atoms with Crippen LogP contribution in [0.1, 0.15) is 39.3 Å². The molecule has 0 fully saturated rings. The number of ketones is 1.